The maximum absolute atomic E-state index is 12.6. The normalized spacial score (nSPS) is 12.0. The SMILES string of the molecule is COc1ccccc1Sc1nc(Sc2ccccc2OC)n(Cc2cc3c(cc2Cl)OCO3)c1C(=O)O. The molecular formula is C26H21ClN2O6S2. The maximum Gasteiger partial charge on any atom is 0.355 e. The van der Waals surface area contributed by atoms with Crippen molar-refractivity contribution in [1.29, 1.82) is 0 Å². The van der Waals surface area contributed by atoms with Crippen LogP contribution in [0.5, 0.6) is 23.0 Å². The molecule has 8 nitrogen and oxygen atoms in total. The van der Waals surface area contributed by atoms with E-state index in [4.69, 9.17) is 35.5 Å². The summed E-state index contributed by atoms with van der Waals surface area (Å²) in [4.78, 5) is 18.9. The third-order valence-electron chi connectivity index (χ3n) is 5.52. The summed E-state index contributed by atoms with van der Waals surface area (Å²) in [5.41, 5.74) is 0.698. The highest BCUT2D eigenvalue weighted by molar-refractivity contribution is 8.00. The van der Waals surface area contributed by atoms with Gasteiger partial charge in [-0.3, -0.25) is 0 Å². The minimum Gasteiger partial charge on any atom is -0.496 e. The Bertz CT molecular complexity index is 1480. The number of aromatic nitrogens is 2. The molecule has 0 saturated heterocycles. The van der Waals surface area contributed by atoms with Crippen LogP contribution in [0.25, 0.3) is 0 Å². The zero-order chi connectivity index (χ0) is 25.9. The van der Waals surface area contributed by atoms with Gasteiger partial charge in [-0.2, -0.15) is 0 Å². The molecule has 0 spiro atoms. The molecule has 1 aliphatic heterocycles. The first-order valence-electron chi connectivity index (χ1n) is 11.0. The lowest BCUT2D eigenvalue weighted by atomic mass is 10.2. The minimum atomic E-state index is -1.12. The largest absolute Gasteiger partial charge is 0.496 e. The molecule has 1 aliphatic rings. The number of rotatable bonds is 9. The summed E-state index contributed by atoms with van der Waals surface area (Å²) in [6.45, 7) is 0.253. The van der Waals surface area contributed by atoms with Gasteiger partial charge in [0.15, 0.2) is 22.3 Å². The summed E-state index contributed by atoms with van der Waals surface area (Å²) in [5, 5.41) is 11.5. The number of imidazole rings is 1. The third-order valence-corrected chi connectivity index (χ3v) is 7.96. The van der Waals surface area contributed by atoms with Gasteiger partial charge in [-0.15, -0.1) is 0 Å². The Kier molecular flexibility index (Phi) is 7.40. The topological polar surface area (TPSA) is 92.0 Å². The van der Waals surface area contributed by atoms with Crippen molar-refractivity contribution in [3.8, 4) is 23.0 Å². The molecule has 1 aromatic heterocycles. The van der Waals surface area contributed by atoms with Gasteiger partial charge in [0.2, 0.25) is 6.79 Å². The van der Waals surface area contributed by atoms with Crippen LogP contribution in [0.2, 0.25) is 5.02 Å². The van der Waals surface area contributed by atoms with Crippen molar-refractivity contribution < 1.29 is 28.8 Å². The fourth-order valence-electron chi connectivity index (χ4n) is 3.77. The average Bonchev–Trinajstić information content (AvgIpc) is 3.48. The van der Waals surface area contributed by atoms with E-state index in [1.807, 2.05) is 48.5 Å². The molecule has 0 atom stereocenters. The molecule has 190 valence electrons. The van der Waals surface area contributed by atoms with Gasteiger partial charge in [-0.25, -0.2) is 9.78 Å². The predicted molar refractivity (Wildman–Crippen MR) is 140 cm³/mol. The molecule has 0 saturated carbocycles. The van der Waals surface area contributed by atoms with E-state index in [-0.39, 0.29) is 19.0 Å². The van der Waals surface area contributed by atoms with Gasteiger partial charge in [0.25, 0.3) is 0 Å². The highest BCUT2D eigenvalue weighted by Crippen LogP contribution is 2.42. The quantitative estimate of drug-likeness (QED) is 0.254. The molecule has 0 radical (unpaired) electrons. The number of benzene rings is 3. The van der Waals surface area contributed by atoms with Crippen LogP contribution < -0.4 is 18.9 Å². The Labute approximate surface area is 226 Å². The molecule has 0 bridgehead atoms. The average molecular weight is 557 g/mol. The van der Waals surface area contributed by atoms with Crippen LogP contribution in [0.1, 0.15) is 16.1 Å². The second-order valence-corrected chi connectivity index (χ2v) is 10.2. The van der Waals surface area contributed by atoms with E-state index < -0.39 is 5.97 Å². The number of halogens is 1. The Morgan fingerprint density at radius 2 is 1.59 bits per heavy atom. The van der Waals surface area contributed by atoms with E-state index in [9.17, 15) is 9.90 Å². The third kappa shape index (κ3) is 5.18. The van der Waals surface area contributed by atoms with E-state index in [1.54, 1.807) is 30.9 Å². The number of nitrogens with zero attached hydrogens (tertiary/aromatic N) is 2. The number of carboxylic acid groups (broad SMARTS) is 1. The van der Waals surface area contributed by atoms with Gasteiger partial charge in [-0.1, -0.05) is 47.6 Å². The first-order valence-corrected chi connectivity index (χ1v) is 13.0. The molecular weight excluding hydrogens is 536 g/mol. The molecule has 11 heteroatoms. The van der Waals surface area contributed by atoms with E-state index in [0.29, 0.717) is 43.8 Å². The van der Waals surface area contributed by atoms with Crippen LogP contribution in [0.3, 0.4) is 0 Å². The lowest BCUT2D eigenvalue weighted by Gasteiger charge is -2.13. The molecule has 0 amide bonds. The molecule has 0 aliphatic carbocycles. The Balaban J connectivity index is 1.63. The van der Waals surface area contributed by atoms with Crippen molar-refractivity contribution >= 4 is 41.1 Å². The second kappa shape index (κ2) is 10.9. The molecule has 0 fully saturated rings. The summed E-state index contributed by atoms with van der Waals surface area (Å²) in [5.74, 6) is 1.26. The number of aromatic carboxylic acids is 1. The smallest absolute Gasteiger partial charge is 0.355 e. The van der Waals surface area contributed by atoms with Crippen molar-refractivity contribution in [2.45, 2.75) is 26.5 Å². The summed E-state index contributed by atoms with van der Waals surface area (Å²) in [7, 11) is 3.16. The van der Waals surface area contributed by atoms with Crippen molar-refractivity contribution in [1.82, 2.24) is 9.55 Å². The lowest BCUT2D eigenvalue weighted by molar-refractivity contribution is 0.0680. The van der Waals surface area contributed by atoms with Crippen LogP contribution >= 0.6 is 35.1 Å². The number of fused-ring (bicyclic) bond motifs is 1. The summed E-state index contributed by atoms with van der Waals surface area (Å²) in [6, 6.07) is 18.3. The number of ether oxygens (including phenoxy) is 4. The molecule has 3 aromatic carbocycles. The number of carboxylic acids is 1. The lowest BCUT2D eigenvalue weighted by Crippen LogP contribution is -2.12. The molecule has 5 rings (SSSR count). The summed E-state index contributed by atoms with van der Waals surface area (Å²) in [6.07, 6.45) is 0. The monoisotopic (exact) mass is 556 g/mol. The van der Waals surface area contributed by atoms with Gasteiger partial charge in [0.05, 0.1) is 30.6 Å². The first-order chi connectivity index (χ1) is 18.0. The number of para-hydroxylation sites is 2. The molecule has 37 heavy (non-hydrogen) atoms. The van der Waals surface area contributed by atoms with Crippen LogP contribution in [0.15, 0.2) is 80.6 Å². The van der Waals surface area contributed by atoms with Crippen LogP contribution in [0.4, 0.5) is 0 Å². The van der Waals surface area contributed by atoms with E-state index in [0.717, 1.165) is 9.79 Å². The maximum atomic E-state index is 12.6. The van der Waals surface area contributed by atoms with E-state index in [1.165, 1.54) is 23.5 Å². The van der Waals surface area contributed by atoms with Crippen LogP contribution in [-0.4, -0.2) is 41.6 Å². The van der Waals surface area contributed by atoms with Gasteiger partial charge < -0.3 is 28.6 Å². The molecule has 1 N–H and O–H groups in total. The van der Waals surface area contributed by atoms with Crippen molar-refractivity contribution in [2.24, 2.45) is 0 Å². The Morgan fingerprint density at radius 3 is 2.22 bits per heavy atom. The van der Waals surface area contributed by atoms with Crippen LogP contribution in [0, 0.1) is 0 Å². The number of carbonyl (C=O) groups is 1. The Morgan fingerprint density at radius 1 is 1.00 bits per heavy atom. The zero-order valence-corrected chi connectivity index (χ0v) is 22.2. The molecule has 2 heterocycles. The fraction of sp³-hybridized carbons (Fsp3) is 0.154. The first kappa shape index (κ1) is 25.2. The molecule has 0 unspecified atom stereocenters. The van der Waals surface area contributed by atoms with Gasteiger partial charge in [-0.05, 0) is 47.7 Å². The van der Waals surface area contributed by atoms with Crippen molar-refractivity contribution in [3.05, 3.63) is 76.9 Å². The van der Waals surface area contributed by atoms with Crippen molar-refractivity contribution in [2.75, 3.05) is 21.0 Å². The minimum absolute atomic E-state index is 0.0297. The fourth-order valence-corrected chi connectivity index (χ4v) is 6.08. The van der Waals surface area contributed by atoms with Gasteiger partial charge >= 0.3 is 5.97 Å². The van der Waals surface area contributed by atoms with Crippen LogP contribution in [-0.2, 0) is 6.54 Å². The number of hydrogen-bond acceptors (Lipinski definition) is 8. The second-order valence-electron chi connectivity index (χ2n) is 7.74. The Hall–Kier alpha value is -3.47. The standard InChI is InChI=1S/C26H21ClN2O6S2/c1-32-17-7-3-5-9-21(17)36-24-23(25(30)31)29(13-15-11-19-20(12-16(15)27)35-14-34-19)26(28-24)37-22-10-6-4-8-18(22)33-2/h3-12H,13-14H2,1-2H3,(H,30,31). The van der Waals surface area contributed by atoms with Gasteiger partial charge in [0, 0.05) is 11.1 Å². The van der Waals surface area contributed by atoms with E-state index >= 15 is 0 Å². The summed E-state index contributed by atoms with van der Waals surface area (Å²) >= 11 is 9.09. The van der Waals surface area contributed by atoms with Crippen molar-refractivity contribution in [3.63, 3.8) is 0 Å². The predicted octanol–water partition coefficient (Wildman–Crippen LogP) is 6.33. The highest BCUT2D eigenvalue weighted by Gasteiger charge is 2.27. The van der Waals surface area contributed by atoms with Gasteiger partial charge in [0.1, 0.15) is 16.5 Å². The number of methoxy groups -OCH3 is 2. The highest BCUT2D eigenvalue weighted by atomic mass is 35.5. The summed E-state index contributed by atoms with van der Waals surface area (Å²) < 4.78 is 23.5. The zero-order valence-electron chi connectivity index (χ0n) is 19.8. The number of hydrogen-bond donors (Lipinski definition) is 1. The van der Waals surface area contributed by atoms with E-state index in [2.05, 4.69) is 0 Å². The molecule has 4 aromatic rings.